The predicted octanol–water partition coefficient (Wildman–Crippen LogP) is 4.02. The fourth-order valence-electron chi connectivity index (χ4n) is 2.88. The van der Waals surface area contributed by atoms with Gasteiger partial charge in [0.25, 0.3) is 0 Å². The Kier molecular flexibility index (Phi) is 6.43. The smallest absolute Gasteiger partial charge is 0.237 e. The molecule has 1 amide bonds. The van der Waals surface area contributed by atoms with Gasteiger partial charge in [-0.2, -0.15) is 0 Å². The molecule has 0 bridgehead atoms. The van der Waals surface area contributed by atoms with E-state index in [4.69, 9.17) is 9.47 Å². The number of aromatic nitrogens is 3. The number of nitrogens with one attached hydrogen (secondary N) is 1. The molecule has 0 aliphatic carbocycles. The molecular formula is C21H24N4O3S. The van der Waals surface area contributed by atoms with E-state index in [-0.39, 0.29) is 11.2 Å². The Morgan fingerprint density at radius 1 is 1.10 bits per heavy atom. The second kappa shape index (κ2) is 9.00. The summed E-state index contributed by atoms with van der Waals surface area (Å²) in [4.78, 5) is 12.7. The summed E-state index contributed by atoms with van der Waals surface area (Å²) in [7, 11) is 3.14. The van der Waals surface area contributed by atoms with Crippen LogP contribution in [0.1, 0.15) is 18.1 Å². The molecule has 1 atom stereocenters. The largest absolute Gasteiger partial charge is 0.497 e. The molecule has 1 aromatic heterocycles. The summed E-state index contributed by atoms with van der Waals surface area (Å²) in [6.45, 7) is 5.93. The van der Waals surface area contributed by atoms with Gasteiger partial charge in [-0.3, -0.25) is 9.36 Å². The van der Waals surface area contributed by atoms with Gasteiger partial charge in [-0.1, -0.05) is 29.5 Å². The van der Waals surface area contributed by atoms with E-state index in [2.05, 4.69) is 28.5 Å². The third kappa shape index (κ3) is 4.89. The van der Waals surface area contributed by atoms with Crippen LogP contribution in [0, 0.1) is 13.8 Å². The lowest BCUT2D eigenvalue weighted by Crippen LogP contribution is -2.23. The Bertz CT molecular complexity index is 997. The summed E-state index contributed by atoms with van der Waals surface area (Å²) in [6.07, 6.45) is 1.66. The molecule has 7 nitrogen and oxygen atoms in total. The average molecular weight is 413 g/mol. The van der Waals surface area contributed by atoms with Crippen LogP contribution in [0.3, 0.4) is 0 Å². The highest BCUT2D eigenvalue weighted by Crippen LogP contribution is 2.29. The molecule has 0 aliphatic rings. The Morgan fingerprint density at radius 2 is 1.79 bits per heavy atom. The summed E-state index contributed by atoms with van der Waals surface area (Å²) in [6, 6.07) is 11.4. The highest BCUT2D eigenvalue weighted by atomic mass is 32.2. The van der Waals surface area contributed by atoms with E-state index < -0.39 is 0 Å². The first-order valence-corrected chi connectivity index (χ1v) is 9.97. The van der Waals surface area contributed by atoms with Gasteiger partial charge in [0.05, 0.1) is 25.2 Å². The van der Waals surface area contributed by atoms with Crippen LogP contribution in [0.25, 0.3) is 5.69 Å². The molecule has 0 fully saturated rings. The van der Waals surface area contributed by atoms with Gasteiger partial charge in [0.2, 0.25) is 5.91 Å². The van der Waals surface area contributed by atoms with E-state index in [1.807, 2.05) is 30.5 Å². The van der Waals surface area contributed by atoms with Gasteiger partial charge in [-0.05, 0) is 32.4 Å². The van der Waals surface area contributed by atoms with Gasteiger partial charge in [0.1, 0.15) is 17.8 Å². The number of nitrogens with zero attached hydrogens (tertiary/aromatic N) is 3. The molecule has 8 heteroatoms. The van der Waals surface area contributed by atoms with Crippen LogP contribution in [0.2, 0.25) is 0 Å². The number of carbonyl (C=O) groups excluding carboxylic acids is 1. The van der Waals surface area contributed by atoms with Crippen LogP contribution in [0.15, 0.2) is 47.9 Å². The monoisotopic (exact) mass is 412 g/mol. The number of rotatable bonds is 7. The van der Waals surface area contributed by atoms with Crippen molar-refractivity contribution in [2.45, 2.75) is 31.2 Å². The first kappa shape index (κ1) is 20.7. The summed E-state index contributed by atoms with van der Waals surface area (Å²) < 4.78 is 12.4. The van der Waals surface area contributed by atoms with Crippen LogP contribution < -0.4 is 14.8 Å². The number of anilines is 1. The van der Waals surface area contributed by atoms with Gasteiger partial charge >= 0.3 is 0 Å². The SMILES string of the molecule is COc1cc(NC(=O)C(C)Sc2nncn2-c2ccc(C)cc2C)cc(OC)c1. The Morgan fingerprint density at radius 3 is 2.41 bits per heavy atom. The van der Waals surface area contributed by atoms with Crippen LogP contribution in [-0.4, -0.2) is 40.1 Å². The summed E-state index contributed by atoms with van der Waals surface area (Å²) >= 11 is 1.35. The second-order valence-electron chi connectivity index (χ2n) is 6.62. The molecule has 152 valence electrons. The molecule has 0 spiro atoms. The maximum absolute atomic E-state index is 12.7. The van der Waals surface area contributed by atoms with Crippen molar-refractivity contribution >= 4 is 23.4 Å². The standard InChI is InChI=1S/C21H24N4O3S/c1-13-6-7-19(14(2)8-13)25-12-22-24-21(25)29-15(3)20(26)23-16-9-17(27-4)11-18(10-16)28-5/h6-12,15H,1-5H3,(H,23,26). The number of ether oxygens (including phenoxy) is 2. The van der Waals surface area contributed by atoms with Gasteiger partial charge in [0.15, 0.2) is 5.16 Å². The number of thioether (sulfide) groups is 1. The second-order valence-corrected chi connectivity index (χ2v) is 7.93. The zero-order valence-corrected chi connectivity index (χ0v) is 17.9. The van der Waals surface area contributed by atoms with E-state index in [0.717, 1.165) is 11.3 Å². The number of hydrogen-bond acceptors (Lipinski definition) is 6. The molecule has 1 N–H and O–H groups in total. The topological polar surface area (TPSA) is 78.3 Å². The fourth-order valence-corrected chi connectivity index (χ4v) is 3.72. The molecule has 0 saturated heterocycles. The van der Waals surface area contributed by atoms with Gasteiger partial charge in [0, 0.05) is 23.9 Å². The number of benzene rings is 2. The lowest BCUT2D eigenvalue weighted by molar-refractivity contribution is -0.115. The Balaban J connectivity index is 1.75. The van der Waals surface area contributed by atoms with Gasteiger partial charge < -0.3 is 14.8 Å². The average Bonchev–Trinajstić information content (AvgIpc) is 3.15. The fraction of sp³-hybridized carbons (Fsp3) is 0.286. The van der Waals surface area contributed by atoms with Gasteiger partial charge in [-0.15, -0.1) is 10.2 Å². The molecule has 0 saturated carbocycles. The molecule has 2 aromatic carbocycles. The molecule has 1 heterocycles. The molecular weight excluding hydrogens is 388 g/mol. The van der Waals surface area contributed by atoms with Crippen molar-refractivity contribution in [2.75, 3.05) is 19.5 Å². The van der Waals surface area contributed by atoms with E-state index >= 15 is 0 Å². The molecule has 0 radical (unpaired) electrons. The minimum absolute atomic E-state index is 0.152. The minimum Gasteiger partial charge on any atom is -0.497 e. The Hall–Kier alpha value is -3.00. The number of amides is 1. The van der Waals surface area contributed by atoms with Crippen molar-refractivity contribution in [3.63, 3.8) is 0 Å². The predicted molar refractivity (Wildman–Crippen MR) is 114 cm³/mol. The zero-order valence-electron chi connectivity index (χ0n) is 17.1. The molecule has 1 unspecified atom stereocenters. The highest BCUT2D eigenvalue weighted by molar-refractivity contribution is 8.00. The zero-order chi connectivity index (χ0) is 21.0. The molecule has 3 aromatic rings. The van der Waals surface area contributed by atoms with E-state index in [0.29, 0.717) is 22.3 Å². The number of hydrogen-bond donors (Lipinski definition) is 1. The lowest BCUT2D eigenvalue weighted by Gasteiger charge is -2.15. The third-order valence-corrected chi connectivity index (χ3v) is 5.46. The maximum Gasteiger partial charge on any atom is 0.237 e. The van der Waals surface area contributed by atoms with E-state index in [1.54, 1.807) is 38.7 Å². The normalized spacial score (nSPS) is 11.8. The molecule has 0 aliphatic heterocycles. The number of aryl methyl sites for hydroxylation is 2. The van der Waals surface area contributed by atoms with Crippen molar-refractivity contribution < 1.29 is 14.3 Å². The summed E-state index contributed by atoms with van der Waals surface area (Å²) in [5.74, 6) is 1.06. The first-order valence-electron chi connectivity index (χ1n) is 9.09. The molecule has 29 heavy (non-hydrogen) atoms. The summed E-state index contributed by atoms with van der Waals surface area (Å²) in [5, 5.41) is 11.4. The summed E-state index contributed by atoms with van der Waals surface area (Å²) in [5.41, 5.74) is 3.91. The maximum atomic E-state index is 12.7. The number of methoxy groups -OCH3 is 2. The van der Waals surface area contributed by atoms with Crippen LogP contribution in [0.4, 0.5) is 5.69 Å². The highest BCUT2D eigenvalue weighted by Gasteiger charge is 2.19. The minimum atomic E-state index is -0.388. The third-order valence-electron chi connectivity index (χ3n) is 4.40. The van der Waals surface area contributed by atoms with E-state index in [9.17, 15) is 4.79 Å². The van der Waals surface area contributed by atoms with Crippen molar-refractivity contribution in [3.8, 4) is 17.2 Å². The van der Waals surface area contributed by atoms with Crippen LogP contribution >= 0.6 is 11.8 Å². The molecule has 3 rings (SSSR count). The van der Waals surface area contributed by atoms with Gasteiger partial charge in [-0.25, -0.2) is 0 Å². The first-order chi connectivity index (χ1) is 13.9. The van der Waals surface area contributed by atoms with Crippen molar-refractivity contribution in [3.05, 3.63) is 53.9 Å². The van der Waals surface area contributed by atoms with Crippen LogP contribution in [0.5, 0.6) is 11.5 Å². The quantitative estimate of drug-likeness (QED) is 0.591. The number of carbonyl (C=O) groups is 1. The lowest BCUT2D eigenvalue weighted by atomic mass is 10.1. The van der Waals surface area contributed by atoms with Crippen molar-refractivity contribution in [2.24, 2.45) is 0 Å². The van der Waals surface area contributed by atoms with E-state index in [1.165, 1.54) is 17.3 Å². The van der Waals surface area contributed by atoms with Crippen LogP contribution in [-0.2, 0) is 4.79 Å². The van der Waals surface area contributed by atoms with Crippen molar-refractivity contribution in [1.29, 1.82) is 0 Å². The Labute approximate surface area is 174 Å². The van der Waals surface area contributed by atoms with Crippen molar-refractivity contribution in [1.82, 2.24) is 14.8 Å².